The summed E-state index contributed by atoms with van der Waals surface area (Å²) in [5.74, 6) is -0.277. The molecule has 9 nitrogen and oxygen atoms in total. The van der Waals surface area contributed by atoms with E-state index in [1.807, 2.05) is 6.92 Å². The molecule has 150 valence electrons. The Balaban J connectivity index is 1.59. The van der Waals surface area contributed by atoms with Crippen molar-refractivity contribution in [1.29, 1.82) is 0 Å². The van der Waals surface area contributed by atoms with Gasteiger partial charge < -0.3 is 9.47 Å². The molecule has 2 amide bonds. The largest absolute Gasteiger partial charge is 0.490 e. The molecule has 3 N–H and O–H groups in total. The van der Waals surface area contributed by atoms with Crippen molar-refractivity contribution < 1.29 is 19.1 Å². The summed E-state index contributed by atoms with van der Waals surface area (Å²) in [6.45, 7) is 2.19. The number of para-hydroxylation sites is 2. The summed E-state index contributed by atoms with van der Waals surface area (Å²) < 4.78 is 11.0. The van der Waals surface area contributed by atoms with Crippen LogP contribution in [0.25, 0.3) is 10.8 Å². The van der Waals surface area contributed by atoms with Crippen molar-refractivity contribution in [2.45, 2.75) is 13.3 Å². The predicted octanol–water partition coefficient (Wildman–Crippen LogP) is 1.55. The second-order valence-electron chi connectivity index (χ2n) is 6.03. The van der Waals surface area contributed by atoms with Gasteiger partial charge in [-0.1, -0.05) is 37.3 Å². The van der Waals surface area contributed by atoms with Gasteiger partial charge in [0, 0.05) is 5.39 Å². The standard InChI is InChI=1S/C20H20N4O5/c1-2-11-28-15-9-5-6-10-16(15)29-12-17(25)21-24-20(27)18-13-7-3-4-8-14(13)19(26)23-22-18/h3-10H,2,11-12H2,1H3,(H,21,25)(H,23,26)(H,24,27). The van der Waals surface area contributed by atoms with Gasteiger partial charge in [0.1, 0.15) is 0 Å². The van der Waals surface area contributed by atoms with Crippen LogP contribution in [0.15, 0.2) is 53.3 Å². The maximum absolute atomic E-state index is 12.3. The lowest BCUT2D eigenvalue weighted by Gasteiger charge is -2.12. The van der Waals surface area contributed by atoms with E-state index in [4.69, 9.17) is 9.47 Å². The maximum Gasteiger partial charge on any atom is 0.290 e. The molecule has 0 saturated heterocycles. The van der Waals surface area contributed by atoms with E-state index in [9.17, 15) is 14.4 Å². The van der Waals surface area contributed by atoms with Crippen molar-refractivity contribution in [3.63, 3.8) is 0 Å². The molecule has 0 fully saturated rings. The van der Waals surface area contributed by atoms with Crippen LogP contribution in [0.4, 0.5) is 0 Å². The summed E-state index contributed by atoms with van der Waals surface area (Å²) in [4.78, 5) is 36.2. The lowest BCUT2D eigenvalue weighted by molar-refractivity contribution is -0.123. The Morgan fingerprint density at radius 3 is 2.34 bits per heavy atom. The summed E-state index contributed by atoms with van der Waals surface area (Å²) in [5, 5.41) is 6.73. The smallest absolute Gasteiger partial charge is 0.290 e. The van der Waals surface area contributed by atoms with Crippen LogP contribution in [-0.2, 0) is 4.79 Å². The Morgan fingerprint density at radius 2 is 1.62 bits per heavy atom. The molecule has 0 atom stereocenters. The number of carbonyl (C=O) groups excluding carboxylic acids is 2. The zero-order valence-electron chi connectivity index (χ0n) is 15.7. The zero-order chi connectivity index (χ0) is 20.6. The number of carbonyl (C=O) groups is 2. The lowest BCUT2D eigenvalue weighted by atomic mass is 10.1. The molecule has 3 rings (SSSR count). The third-order valence-electron chi connectivity index (χ3n) is 3.90. The number of fused-ring (bicyclic) bond motifs is 1. The minimum atomic E-state index is -0.669. The summed E-state index contributed by atoms with van der Waals surface area (Å²) in [6.07, 6.45) is 0.842. The van der Waals surface area contributed by atoms with E-state index in [0.29, 0.717) is 28.9 Å². The van der Waals surface area contributed by atoms with Crippen LogP contribution in [-0.4, -0.2) is 35.2 Å². The number of H-pyrrole nitrogens is 1. The highest BCUT2D eigenvalue weighted by Gasteiger charge is 2.15. The Bertz CT molecular complexity index is 1080. The Kier molecular flexibility index (Phi) is 6.41. The molecule has 0 bridgehead atoms. The van der Waals surface area contributed by atoms with Crippen molar-refractivity contribution in [2.24, 2.45) is 0 Å². The topological polar surface area (TPSA) is 122 Å². The van der Waals surface area contributed by atoms with Gasteiger partial charge in [-0.2, -0.15) is 5.10 Å². The average Bonchev–Trinajstić information content (AvgIpc) is 2.75. The van der Waals surface area contributed by atoms with Crippen LogP contribution in [0.3, 0.4) is 0 Å². The molecule has 0 saturated carbocycles. The van der Waals surface area contributed by atoms with Gasteiger partial charge in [0.05, 0.1) is 12.0 Å². The second kappa shape index (κ2) is 9.36. The van der Waals surface area contributed by atoms with Gasteiger partial charge in [-0.3, -0.25) is 25.2 Å². The number of ether oxygens (including phenoxy) is 2. The molecule has 9 heteroatoms. The lowest BCUT2D eigenvalue weighted by Crippen LogP contribution is -2.44. The van der Waals surface area contributed by atoms with Crippen LogP contribution >= 0.6 is 0 Å². The van der Waals surface area contributed by atoms with Gasteiger partial charge in [-0.15, -0.1) is 0 Å². The second-order valence-corrected chi connectivity index (χ2v) is 6.03. The first-order valence-electron chi connectivity index (χ1n) is 9.01. The van der Waals surface area contributed by atoms with E-state index in [1.54, 1.807) is 48.5 Å². The van der Waals surface area contributed by atoms with Gasteiger partial charge >= 0.3 is 0 Å². The molecule has 1 aromatic heterocycles. The number of hydrazine groups is 1. The fraction of sp³-hybridized carbons (Fsp3) is 0.200. The number of nitrogens with zero attached hydrogens (tertiary/aromatic N) is 1. The third-order valence-corrected chi connectivity index (χ3v) is 3.90. The first kappa shape index (κ1) is 19.9. The highest BCUT2D eigenvalue weighted by molar-refractivity contribution is 6.05. The average molecular weight is 396 g/mol. The van der Waals surface area contributed by atoms with E-state index >= 15 is 0 Å². The molecular formula is C20H20N4O5. The van der Waals surface area contributed by atoms with E-state index < -0.39 is 17.4 Å². The molecular weight excluding hydrogens is 376 g/mol. The van der Waals surface area contributed by atoms with Crippen molar-refractivity contribution in [1.82, 2.24) is 21.0 Å². The Hall–Kier alpha value is -3.88. The number of benzene rings is 2. The van der Waals surface area contributed by atoms with Crippen molar-refractivity contribution >= 4 is 22.6 Å². The van der Waals surface area contributed by atoms with Gasteiger partial charge in [0.15, 0.2) is 23.8 Å². The number of hydrogen-bond acceptors (Lipinski definition) is 6. The van der Waals surface area contributed by atoms with Crippen LogP contribution in [0.5, 0.6) is 11.5 Å². The van der Waals surface area contributed by atoms with Gasteiger partial charge in [0.2, 0.25) is 0 Å². The summed E-state index contributed by atoms with van der Waals surface area (Å²) in [6, 6.07) is 13.6. The van der Waals surface area contributed by atoms with Crippen molar-refractivity contribution in [3.8, 4) is 11.5 Å². The molecule has 0 radical (unpaired) electrons. The molecule has 2 aromatic carbocycles. The first-order chi connectivity index (χ1) is 14.1. The quantitative estimate of drug-likeness (QED) is 0.521. The van der Waals surface area contributed by atoms with E-state index in [1.165, 1.54) is 0 Å². The number of aromatic amines is 1. The van der Waals surface area contributed by atoms with E-state index in [0.717, 1.165) is 6.42 Å². The number of amides is 2. The van der Waals surface area contributed by atoms with Crippen LogP contribution in [0.1, 0.15) is 23.8 Å². The predicted molar refractivity (Wildman–Crippen MR) is 106 cm³/mol. The highest BCUT2D eigenvalue weighted by Crippen LogP contribution is 2.26. The number of aromatic nitrogens is 2. The van der Waals surface area contributed by atoms with Gasteiger partial charge in [-0.05, 0) is 24.6 Å². The fourth-order valence-corrected chi connectivity index (χ4v) is 2.55. The normalized spacial score (nSPS) is 10.4. The summed E-state index contributed by atoms with van der Waals surface area (Å²) in [5.41, 5.74) is 4.10. The zero-order valence-corrected chi connectivity index (χ0v) is 15.7. The molecule has 29 heavy (non-hydrogen) atoms. The third kappa shape index (κ3) is 4.89. The molecule has 0 aliphatic carbocycles. The number of hydrogen-bond donors (Lipinski definition) is 3. The van der Waals surface area contributed by atoms with Gasteiger partial charge in [-0.25, -0.2) is 5.10 Å². The minimum absolute atomic E-state index is 0.0141. The number of rotatable bonds is 7. The highest BCUT2D eigenvalue weighted by atomic mass is 16.5. The van der Waals surface area contributed by atoms with E-state index in [-0.39, 0.29) is 12.3 Å². The summed E-state index contributed by atoms with van der Waals surface area (Å²) >= 11 is 0. The van der Waals surface area contributed by atoms with E-state index in [2.05, 4.69) is 21.0 Å². The molecule has 0 aliphatic rings. The minimum Gasteiger partial charge on any atom is -0.490 e. The van der Waals surface area contributed by atoms with Gasteiger partial charge in [0.25, 0.3) is 17.4 Å². The van der Waals surface area contributed by atoms with Crippen molar-refractivity contribution in [2.75, 3.05) is 13.2 Å². The Labute approximate surface area is 166 Å². The SMILES string of the molecule is CCCOc1ccccc1OCC(=O)NNC(=O)c1n[nH]c(=O)c2ccccc12. The Morgan fingerprint density at radius 1 is 0.966 bits per heavy atom. The number of nitrogens with one attached hydrogen (secondary N) is 3. The fourth-order valence-electron chi connectivity index (χ4n) is 2.55. The molecule has 3 aromatic rings. The van der Waals surface area contributed by atoms with Crippen molar-refractivity contribution in [3.05, 3.63) is 64.6 Å². The van der Waals surface area contributed by atoms with Crippen LogP contribution in [0, 0.1) is 0 Å². The molecule has 0 spiro atoms. The first-order valence-corrected chi connectivity index (χ1v) is 9.01. The molecule has 1 heterocycles. The van der Waals surface area contributed by atoms with Crippen LogP contribution < -0.4 is 25.9 Å². The maximum atomic E-state index is 12.3. The molecule has 0 aliphatic heterocycles. The summed E-state index contributed by atoms with van der Waals surface area (Å²) in [7, 11) is 0. The van der Waals surface area contributed by atoms with Crippen LogP contribution in [0.2, 0.25) is 0 Å². The molecule has 0 unspecified atom stereocenters. The monoisotopic (exact) mass is 396 g/mol.